The van der Waals surface area contributed by atoms with Crippen molar-refractivity contribution >= 4 is 11.8 Å². The van der Waals surface area contributed by atoms with Gasteiger partial charge in [-0.3, -0.25) is 0 Å². The van der Waals surface area contributed by atoms with Crippen LogP contribution in [0.1, 0.15) is 11.1 Å². The van der Waals surface area contributed by atoms with E-state index >= 15 is 0 Å². The lowest BCUT2D eigenvalue weighted by molar-refractivity contribution is 0.281. The molecule has 2 rings (SSSR count). The van der Waals surface area contributed by atoms with Crippen molar-refractivity contribution in [2.24, 2.45) is 0 Å². The summed E-state index contributed by atoms with van der Waals surface area (Å²) >= 11 is 1.33. The molecule has 0 amide bonds. The molecule has 0 fully saturated rings. The molecule has 0 aliphatic carbocycles. The van der Waals surface area contributed by atoms with Crippen molar-refractivity contribution in [1.29, 1.82) is 5.26 Å². The summed E-state index contributed by atoms with van der Waals surface area (Å²) in [4.78, 5) is 8.96. The molecule has 0 spiro atoms. The number of hydrogen-bond donors (Lipinski definition) is 1. The van der Waals surface area contributed by atoms with Gasteiger partial charge < -0.3 is 5.11 Å². The van der Waals surface area contributed by atoms with Crippen molar-refractivity contribution in [3.05, 3.63) is 47.8 Å². The van der Waals surface area contributed by atoms with E-state index in [1.165, 1.54) is 11.8 Å². The largest absolute Gasteiger partial charge is 0.392 e. The number of benzene rings is 1. The van der Waals surface area contributed by atoms with Gasteiger partial charge in [-0.1, -0.05) is 6.07 Å². The number of nitrogens with zero attached hydrogens (tertiary/aromatic N) is 3. The minimum Gasteiger partial charge on any atom is -0.392 e. The minimum absolute atomic E-state index is 0.0680. The number of nitriles is 1. The smallest absolute Gasteiger partial charge is 0.192 e. The average molecular weight is 243 g/mol. The average Bonchev–Trinajstić information content (AvgIpc) is 2.40. The van der Waals surface area contributed by atoms with Gasteiger partial charge in [0.2, 0.25) is 0 Å². The summed E-state index contributed by atoms with van der Waals surface area (Å²) in [5.74, 6) is 0. The fraction of sp³-hybridized carbons (Fsp3) is 0.0833. The monoisotopic (exact) mass is 243 g/mol. The van der Waals surface area contributed by atoms with Gasteiger partial charge in [0.05, 0.1) is 12.2 Å². The Hall–Kier alpha value is -1.90. The third-order valence-corrected chi connectivity index (χ3v) is 3.06. The quantitative estimate of drug-likeness (QED) is 0.835. The van der Waals surface area contributed by atoms with E-state index in [0.29, 0.717) is 10.7 Å². The molecule has 0 unspecified atom stereocenters. The molecule has 5 heteroatoms. The Labute approximate surface area is 103 Å². The summed E-state index contributed by atoms with van der Waals surface area (Å²) in [5, 5.41) is 18.6. The van der Waals surface area contributed by atoms with Gasteiger partial charge in [-0.25, -0.2) is 9.97 Å². The summed E-state index contributed by atoms with van der Waals surface area (Å²) in [6, 6.07) is 9.10. The first kappa shape index (κ1) is 11.6. The van der Waals surface area contributed by atoms with Crippen LogP contribution in [0.2, 0.25) is 0 Å². The minimum atomic E-state index is -0.0680. The first-order valence-corrected chi connectivity index (χ1v) is 5.74. The Balaban J connectivity index is 2.31. The topological polar surface area (TPSA) is 69.8 Å². The van der Waals surface area contributed by atoms with Gasteiger partial charge in [0.25, 0.3) is 0 Å². The van der Waals surface area contributed by atoms with Gasteiger partial charge in [-0.15, -0.1) is 0 Å². The Morgan fingerprint density at radius 1 is 1.29 bits per heavy atom. The predicted octanol–water partition coefficient (Wildman–Crippen LogP) is 1.99. The zero-order valence-electron chi connectivity index (χ0n) is 8.87. The SMILES string of the molecule is N#Cc1cc(CO)ccc1Sc1ncccn1. The molecule has 1 heterocycles. The van der Waals surface area contributed by atoms with Crippen LogP contribution < -0.4 is 0 Å². The highest BCUT2D eigenvalue weighted by Crippen LogP contribution is 2.27. The lowest BCUT2D eigenvalue weighted by Crippen LogP contribution is -1.89. The van der Waals surface area contributed by atoms with Crippen LogP contribution >= 0.6 is 11.8 Å². The van der Waals surface area contributed by atoms with Crippen molar-refractivity contribution in [3.63, 3.8) is 0 Å². The van der Waals surface area contributed by atoms with Gasteiger partial charge in [0.15, 0.2) is 5.16 Å². The van der Waals surface area contributed by atoms with Gasteiger partial charge in [0, 0.05) is 17.3 Å². The second kappa shape index (κ2) is 5.43. The third kappa shape index (κ3) is 2.81. The molecule has 0 saturated carbocycles. The lowest BCUT2D eigenvalue weighted by Gasteiger charge is -2.03. The van der Waals surface area contributed by atoms with E-state index in [1.807, 2.05) is 0 Å². The zero-order chi connectivity index (χ0) is 12.1. The third-order valence-electron chi connectivity index (χ3n) is 2.09. The van der Waals surface area contributed by atoms with E-state index < -0.39 is 0 Å². The van der Waals surface area contributed by atoms with E-state index in [2.05, 4.69) is 16.0 Å². The van der Waals surface area contributed by atoms with Crippen molar-refractivity contribution in [2.75, 3.05) is 0 Å². The van der Waals surface area contributed by atoms with Crippen LogP contribution in [0.3, 0.4) is 0 Å². The van der Waals surface area contributed by atoms with E-state index in [0.717, 1.165) is 10.5 Å². The summed E-state index contributed by atoms with van der Waals surface area (Å²) < 4.78 is 0. The summed E-state index contributed by atoms with van der Waals surface area (Å²) in [6.07, 6.45) is 3.31. The molecule has 0 saturated heterocycles. The molecular formula is C12H9N3OS. The van der Waals surface area contributed by atoms with Crippen molar-refractivity contribution in [3.8, 4) is 6.07 Å². The highest BCUT2D eigenvalue weighted by atomic mass is 32.2. The van der Waals surface area contributed by atoms with Gasteiger partial charge >= 0.3 is 0 Å². The van der Waals surface area contributed by atoms with Crippen molar-refractivity contribution in [1.82, 2.24) is 9.97 Å². The Bertz CT molecular complexity index is 551. The Kier molecular flexibility index (Phi) is 3.70. The highest BCUT2D eigenvalue weighted by molar-refractivity contribution is 7.99. The normalized spacial score (nSPS) is 9.88. The zero-order valence-corrected chi connectivity index (χ0v) is 9.68. The molecular weight excluding hydrogens is 234 g/mol. The molecule has 0 bridgehead atoms. The first-order chi connectivity index (χ1) is 8.33. The second-order valence-electron chi connectivity index (χ2n) is 3.23. The van der Waals surface area contributed by atoms with Gasteiger partial charge in [0.1, 0.15) is 6.07 Å². The van der Waals surface area contributed by atoms with Crippen LogP contribution in [0.25, 0.3) is 0 Å². The molecule has 0 atom stereocenters. The molecule has 0 aliphatic rings. The molecule has 1 N–H and O–H groups in total. The van der Waals surface area contributed by atoms with Crippen molar-refractivity contribution < 1.29 is 5.11 Å². The molecule has 0 aliphatic heterocycles. The Morgan fingerprint density at radius 2 is 2.06 bits per heavy atom. The summed E-state index contributed by atoms with van der Waals surface area (Å²) in [6.45, 7) is -0.0680. The number of rotatable bonds is 3. The molecule has 2 aromatic rings. The van der Waals surface area contributed by atoms with E-state index in [4.69, 9.17) is 10.4 Å². The number of aromatic nitrogens is 2. The standard InChI is InChI=1S/C12H9N3OS/c13-7-10-6-9(8-16)2-3-11(10)17-12-14-4-1-5-15-12/h1-6,16H,8H2. The van der Waals surface area contributed by atoms with Crippen molar-refractivity contribution in [2.45, 2.75) is 16.7 Å². The first-order valence-electron chi connectivity index (χ1n) is 4.92. The maximum Gasteiger partial charge on any atom is 0.192 e. The van der Waals surface area contributed by atoms with Crippen LogP contribution in [0, 0.1) is 11.3 Å². The van der Waals surface area contributed by atoms with Gasteiger partial charge in [-0.05, 0) is 35.5 Å². The fourth-order valence-corrected chi connectivity index (χ4v) is 2.06. The van der Waals surface area contributed by atoms with Crippen LogP contribution in [0.15, 0.2) is 46.7 Å². The van der Waals surface area contributed by atoms with Crippen LogP contribution in [0.4, 0.5) is 0 Å². The molecule has 84 valence electrons. The lowest BCUT2D eigenvalue weighted by atomic mass is 10.1. The van der Waals surface area contributed by atoms with E-state index in [9.17, 15) is 0 Å². The van der Waals surface area contributed by atoms with Gasteiger partial charge in [-0.2, -0.15) is 5.26 Å². The van der Waals surface area contributed by atoms with Crippen LogP contribution in [-0.2, 0) is 6.61 Å². The molecule has 17 heavy (non-hydrogen) atoms. The fourth-order valence-electron chi connectivity index (χ4n) is 1.29. The summed E-state index contributed by atoms with van der Waals surface area (Å²) in [5.41, 5.74) is 1.24. The second-order valence-corrected chi connectivity index (χ2v) is 4.24. The molecule has 0 radical (unpaired) electrons. The van der Waals surface area contributed by atoms with E-state index in [-0.39, 0.29) is 6.61 Å². The number of aliphatic hydroxyl groups is 1. The maximum absolute atomic E-state index is 9.03. The summed E-state index contributed by atoms with van der Waals surface area (Å²) in [7, 11) is 0. The Morgan fingerprint density at radius 3 is 2.71 bits per heavy atom. The highest BCUT2D eigenvalue weighted by Gasteiger charge is 2.06. The number of hydrogen-bond acceptors (Lipinski definition) is 5. The number of aliphatic hydroxyl groups excluding tert-OH is 1. The molecule has 1 aromatic heterocycles. The maximum atomic E-state index is 9.03. The van der Waals surface area contributed by atoms with Crippen LogP contribution in [0.5, 0.6) is 0 Å². The van der Waals surface area contributed by atoms with Crippen LogP contribution in [-0.4, -0.2) is 15.1 Å². The molecule has 1 aromatic carbocycles. The molecule has 4 nitrogen and oxygen atoms in total. The predicted molar refractivity (Wildman–Crippen MR) is 63.2 cm³/mol. The van der Waals surface area contributed by atoms with E-state index in [1.54, 1.807) is 36.7 Å².